The van der Waals surface area contributed by atoms with Crippen LogP contribution in [0.3, 0.4) is 0 Å². The smallest absolute Gasteiger partial charge is 0.290 e. The van der Waals surface area contributed by atoms with E-state index in [2.05, 4.69) is 27.7 Å². The first-order valence-corrected chi connectivity index (χ1v) is 10.2. The van der Waals surface area contributed by atoms with Gasteiger partial charge in [0.25, 0.3) is 5.91 Å². The van der Waals surface area contributed by atoms with Crippen molar-refractivity contribution in [1.82, 2.24) is 20.3 Å². The van der Waals surface area contributed by atoms with Crippen molar-refractivity contribution in [3.63, 3.8) is 0 Å². The van der Waals surface area contributed by atoms with Crippen molar-refractivity contribution in [2.45, 2.75) is 31.8 Å². The van der Waals surface area contributed by atoms with Gasteiger partial charge in [-0.25, -0.2) is 0 Å². The minimum Gasteiger partial charge on any atom is -0.350 e. The number of amides is 1. The average Bonchev–Trinajstić information content (AvgIpc) is 3.44. The first-order chi connectivity index (χ1) is 14.8. The quantitative estimate of drug-likeness (QED) is 0.541. The number of aromatic nitrogens is 3. The van der Waals surface area contributed by atoms with Crippen LogP contribution in [-0.4, -0.2) is 20.8 Å². The molecule has 1 aliphatic rings. The fourth-order valence-corrected chi connectivity index (χ4v) is 4.02. The van der Waals surface area contributed by atoms with E-state index in [4.69, 9.17) is 4.52 Å². The largest absolute Gasteiger partial charge is 0.350 e. The molecule has 0 spiro atoms. The molecule has 2 aromatic heterocycles. The molecule has 1 unspecified atom stereocenters. The van der Waals surface area contributed by atoms with E-state index in [-0.39, 0.29) is 17.7 Å². The number of rotatable bonds is 5. The molecule has 6 nitrogen and oxygen atoms in total. The van der Waals surface area contributed by atoms with Gasteiger partial charge in [-0.1, -0.05) is 65.8 Å². The van der Waals surface area contributed by atoms with Gasteiger partial charge in [-0.05, 0) is 24.8 Å². The predicted molar refractivity (Wildman–Crippen MR) is 113 cm³/mol. The Morgan fingerprint density at radius 2 is 1.87 bits per heavy atom. The summed E-state index contributed by atoms with van der Waals surface area (Å²) in [6.45, 7) is 0.735. The monoisotopic (exact) mass is 398 g/mol. The molecule has 5 rings (SSSR count). The molecule has 6 heteroatoms. The molecule has 1 atom stereocenters. The number of benzene rings is 2. The lowest BCUT2D eigenvalue weighted by molar-refractivity contribution is 0.0895. The Kier molecular flexibility index (Phi) is 4.89. The number of nitrogens with zero attached hydrogens (tertiary/aromatic N) is 3. The standard InChI is InChI=1S/C24H22N4O2/c29-24(23-14-21(27-30-23)18-10-5-2-6-11-18)26-20-12-7-13-22-19(20)15-25-28(22)16-17-8-3-1-4-9-17/h1-6,8-11,14-15,20H,7,12-13,16H2,(H,26,29). The zero-order chi connectivity index (χ0) is 20.3. The highest BCUT2D eigenvalue weighted by Crippen LogP contribution is 2.30. The molecule has 2 heterocycles. The Morgan fingerprint density at radius 3 is 2.67 bits per heavy atom. The maximum Gasteiger partial charge on any atom is 0.290 e. The van der Waals surface area contributed by atoms with Gasteiger partial charge in [0.05, 0.1) is 18.8 Å². The first-order valence-electron chi connectivity index (χ1n) is 10.2. The third-order valence-corrected chi connectivity index (χ3v) is 5.55. The van der Waals surface area contributed by atoms with E-state index in [1.807, 2.05) is 59.4 Å². The van der Waals surface area contributed by atoms with Crippen molar-refractivity contribution in [3.05, 3.63) is 95.5 Å². The molecular weight excluding hydrogens is 376 g/mol. The Bertz CT molecular complexity index is 1150. The Labute approximate surface area is 174 Å². The molecule has 4 aromatic rings. The van der Waals surface area contributed by atoms with Crippen LogP contribution in [-0.2, 0) is 13.0 Å². The van der Waals surface area contributed by atoms with Gasteiger partial charge in [-0.3, -0.25) is 9.48 Å². The summed E-state index contributed by atoms with van der Waals surface area (Å²) in [5.41, 5.74) is 5.07. The Morgan fingerprint density at radius 1 is 1.10 bits per heavy atom. The zero-order valence-corrected chi connectivity index (χ0v) is 16.5. The van der Waals surface area contributed by atoms with Crippen molar-refractivity contribution in [2.75, 3.05) is 0 Å². The van der Waals surface area contributed by atoms with Gasteiger partial charge in [0.2, 0.25) is 5.76 Å². The van der Waals surface area contributed by atoms with E-state index in [0.717, 1.165) is 36.9 Å². The number of carbonyl (C=O) groups is 1. The number of nitrogens with one attached hydrogen (secondary N) is 1. The van der Waals surface area contributed by atoms with E-state index in [1.54, 1.807) is 6.07 Å². The van der Waals surface area contributed by atoms with Crippen LogP contribution in [0.25, 0.3) is 11.3 Å². The molecule has 0 saturated carbocycles. The number of hydrogen-bond donors (Lipinski definition) is 1. The second-order valence-electron chi connectivity index (χ2n) is 7.55. The molecule has 150 valence electrons. The summed E-state index contributed by atoms with van der Waals surface area (Å²) in [7, 11) is 0. The molecule has 0 fully saturated rings. The van der Waals surface area contributed by atoms with Crippen LogP contribution in [0.15, 0.2) is 77.4 Å². The van der Waals surface area contributed by atoms with Crippen LogP contribution < -0.4 is 5.32 Å². The van der Waals surface area contributed by atoms with Crippen molar-refractivity contribution in [2.24, 2.45) is 0 Å². The molecule has 0 saturated heterocycles. The highest BCUT2D eigenvalue weighted by atomic mass is 16.5. The maximum absolute atomic E-state index is 12.8. The van der Waals surface area contributed by atoms with Crippen molar-refractivity contribution >= 4 is 5.91 Å². The van der Waals surface area contributed by atoms with Gasteiger partial charge in [-0.15, -0.1) is 0 Å². The molecule has 2 aromatic carbocycles. The fourth-order valence-electron chi connectivity index (χ4n) is 4.02. The highest BCUT2D eigenvalue weighted by molar-refractivity contribution is 5.92. The van der Waals surface area contributed by atoms with E-state index in [1.165, 1.54) is 11.3 Å². The summed E-state index contributed by atoms with van der Waals surface area (Å²) < 4.78 is 7.36. The number of hydrogen-bond acceptors (Lipinski definition) is 4. The SMILES string of the molecule is O=C(NC1CCCc2c1cnn2Cc1ccccc1)c1cc(-c2ccccc2)no1. The second-order valence-corrected chi connectivity index (χ2v) is 7.55. The van der Waals surface area contributed by atoms with Crippen molar-refractivity contribution < 1.29 is 9.32 Å². The van der Waals surface area contributed by atoms with E-state index in [9.17, 15) is 4.79 Å². The minimum absolute atomic E-state index is 0.0731. The third kappa shape index (κ3) is 3.64. The molecule has 1 aliphatic carbocycles. The molecule has 0 radical (unpaired) electrons. The van der Waals surface area contributed by atoms with Gasteiger partial charge < -0.3 is 9.84 Å². The molecule has 0 bridgehead atoms. The topological polar surface area (TPSA) is 73.0 Å². The third-order valence-electron chi connectivity index (χ3n) is 5.55. The molecule has 30 heavy (non-hydrogen) atoms. The fraction of sp³-hybridized carbons (Fsp3) is 0.208. The summed E-state index contributed by atoms with van der Waals surface area (Å²) in [5, 5.41) is 11.7. The summed E-state index contributed by atoms with van der Waals surface area (Å²) >= 11 is 0. The van der Waals surface area contributed by atoms with Gasteiger partial charge in [0.1, 0.15) is 5.69 Å². The van der Waals surface area contributed by atoms with Crippen LogP contribution >= 0.6 is 0 Å². The second kappa shape index (κ2) is 7.99. The van der Waals surface area contributed by atoms with Crippen molar-refractivity contribution in [3.8, 4) is 11.3 Å². The summed E-state index contributed by atoms with van der Waals surface area (Å²) in [6.07, 6.45) is 4.74. The van der Waals surface area contributed by atoms with Gasteiger partial charge >= 0.3 is 0 Å². The van der Waals surface area contributed by atoms with E-state index in [0.29, 0.717) is 5.69 Å². The lowest BCUT2D eigenvalue weighted by Crippen LogP contribution is -2.30. The normalized spacial score (nSPS) is 15.5. The van der Waals surface area contributed by atoms with Crippen LogP contribution in [0.5, 0.6) is 0 Å². The van der Waals surface area contributed by atoms with Crippen LogP contribution in [0.1, 0.15) is 46.3 Å². The summed E-state index contributed by atoms with van der Waals surface area (Å²) in [5.74, 6) is -0.0315. The van der Waals surface area contributed by atoms with Gasteiger partial charge in [-0.2, -0.15) is 5.10 Å². The van der Waals surface area contributed by atoms with Crippen LogP contribution in [0.2, 0.25) is 0 Å². The Balaban J connectivity index is 1.32. The molecule has 1 N–H and O–H groups in total. The number of fused-ring (bicyclic) bond motifs is 1. The minimum atomic E-state index is -0.252. The lowest BCUT2D eigenvalue weighted by atomic mass is 9.92. The van der Waals surface area contributed by atoms with Crippen molar-refractivity contribution in [1.29, 1.82) is 0 Å². The van der Waals surface area contributed by atoms with Gasteiger partial charge in [0, 0.05) is 22.9 Å². The van der Waals surface area contributed by atoms with E-state index < -0.39 is 0 Å². The van der Waals surface area contributed by atoms with Crippen LogP contribution in [0.4, 0.5) is 0 Å². The predicted octanol–water partition coefficient (Wildman–Crippen LogP) is 4.39. The molecule has 0 aliphatic heterocycles. The zero-order valence-electron chi connectivity index (χ0n) is 16.5. The highest BCUT2D eigenvalue weighted by Gasteiger charge is 2.27. The Hall–Kier alpha value is -3.67. The average molecular weight is 398 g/mol. The number of carbonyl (C=O) groups excluding carboxylic acids is 1. The summed E-state index contributed by atoms with van der Waals surface area (Å²) in [4.78, 5) is 12.8. The maximum atomic E-state index is 12.8. The van der Waals surface area contributed by atoms with E-state index >= 15 is 0 Å². The van der Waals surface area contributed by atoms with Gasteiger partial charge in [0.15, 0.2) is 0 Å². The first kappa shape index (κ1) is 18.4. The lowest BCUT2D eigenvalue weighted by Gasteiger charge is -2.23. The summed E-state index contributed by atoms with van der Waals surface area (Å²) in [6, 6.07) is 21.6. The molecular formula is C24H22N4O2. The van der Waals surface area contributed by atoms with Crippen LogP contribution in [0, 0.1) is 0 Å². The molecule has 1 amide bonds.